The molecule has 1 aromatic rings. The minimum Gasteiger partial charge on any atom is -0.378 e. The van der Waals surface area contributed by atoms with Gasteiger partial charge in [0, 0.05) is 13.1 Å². The lowest BCUT2D eigenvalue weighted by atomic mass is 10.1. The third-order valence-corrected chi connectivity index (χ3v) is 3.23. The fourth-order valence-corrected chi connectivity index (χ4v) is 2.34. The lowest BCUT2D eigenvalue weighted by molar-refractivity contribution is 0.122. The van der Waals surface area contributed by atoms with Crippen LogP contribution in [0.5, 0.6) is 0 Å². The van der Waals surface area contributed by atoms with Crippen molar-refractivity contribution in [2.75, 3.05) is 31.2 Å². The van der Waals surface area contributed by atoms with Crippen LogP contribution >= 0.6 is 15.9 Å². The predicted molar refractivity (Wildman–Crippen MR) is 66.9 cm³/mol. The SMILES string of the molecule is CC(C)c1nc(N2CCOCC2)cnc1Br. The summed E-state index contributed by atoms with van der Waals surface area (Å²) in [5.74, 6) is 1.33. The molecule has 0 atom stereocenters. The first-order valence-corrected chi connectivity index (χ1v) is 6.33. The van der Waals surface area contributed by atoms with E-state index in [2.05, 4.69) is 44.6 Å². The maximum absolute atomic E-state index is 5.32. The van der Waals surface area contributed by atoms with Gasteiger partial charge in [-0.3, -0.25) is 0 Å². The zero-order valence-corrected chi connectivity index (χ0v) is 11.2. The Balaban J connectivity index is 2.24. The molecule has 0 unspecified atom stereocenters. The fourth-order valence-electron chi connectivity index (χ4n) is 1.69. The Morgan fingerprint density at radius 3 is 2.69 bits per heavy atom. The van der Waals surface area contributed by atoms with Gasteiger partial charge in [-0.25, -0.2) is 9.97 Å². The molecule has 1 saturated heterocycles. The molecule has 16 heavy (non-hydrogen) atoms. The summed E-state index contributed by atoms with van der Waals surface area (Å²) in [5.41, 5.74) is 1.02. The monoisotopic (exact) mass is 285 g/mol. The van der Waals surface area contributed by atoms with Crippen LogP contribution in [0.15, 0.2) is 10.8 Å². The molecule has 0 aliphatic carbocycles. The van der Waals surface area contributed by atoms with Crippen LogP contribution in [0.2, 0.25) is 0 Å². The van der Waals surface area contributed by atoms with E-state index in [0.29, 0.717) is 5.92 Å². The van der Waals surface area contributed by atoms with Crippen LogP contribution in [-0.4, -0.2) is 36.3 Å². The first-order chi connectivity index (χ1) is 7.68. The van der Waals surface area contributed by atoms with Crippen LogP contribution in [0.25, 0.3) is 0 Å². The summed E-state index contributed by atoms with van der Waals surface area (Å²) in [6.07, 6.45) is 1.82. The van der Waals surface area contributed by atoms with Crippen molar-refractivity contribution in [1.29, 1.82) is 0 Å². The van der Waals surface area contributed by atoms with Gasteiger partial charge in [0.05, 0.1) is 25.1 Å². The van der Waals surface area contributed by atoms with Gasteiger partial charge in [0.25, 0.3) is 0 Å². The first-order valence-electron chi connectivity index (χ1n) is 5.53. The molecule has 0 bridgehead atoms. The van der Waals surface area contributed by atoms with E-state index in [9.17, 15) is 0 Å². The second kappa shape index (κ2) is 5.10. The third kappa shape index (κ3) is 2.52. The number of rotatable bonds is 2. The summed E-state index contributed by atoms with van der Waals surface area (Å²) < 4.78 is 6.17. The topological polar surface area (TPSA) is 38.2 Å². The zero-order valence-electron chi connectivity index (χ0n) is 9.61. The van der Waals surface area contributed by atoms with Crippen molar-refractivity contribution in [1.82, 2.24) is 9.97 Å². The number of halogens is 1. The molecule has 2 heterocycles. The van der Waals surface area contributed by atoms with Crippen molar-refractivity contribution in [3.8, 4) is 0 Å². The van der Waals surface area contributed by atoms with Gasteiger partial charge < -0.3 is 9.64 Å². The van der Waals surface area contributed by atoms with Crippen LogP contribution in [-0.2, 0) is 4.74 Å². The van der Waals surface area contributed by atoms with Crippen LogP contribution < -0.4 is 4.90 Å². The zero-order chi connectivity index (χ0) is 11.5. The van der Waals surface area contributed by atoms with Crippen molar-refractivity contribution in [2.45, 2.75) is 19.8 Å². The Morgan fingerprint density at radius 1 is 1.38 bits per heavy atom. The number of aromatic nitrogens is 2. The van der Waals surface area contributed by atoms with Crippen molar-refractivity contribution in [3.05, 3.63) is 16.5 Å². The summed E-state index contributed by atoms with van der Waals surface area (Å²) in [6.45, 7) is 7.58. The Hall–Kier alpha value is -0.680. The van der Waals surface area contributed by atoms with Gasteiger partial charge in [0.15, 0.2) is 0 Å². The second-order valence-corrected chi connectivity index (χ2v) is 4.91. The molecule has 88 valence electrons. The molecule has 1 aromatic heterocycles. The van der Waals surface area contributed by atoms with Gasteiger partial charge in [-0.2, -0.15) is 0 Å². The van der Waals surface area contributed by atoms with Crippen molar-refractivity contribution < 1.29 is 4.74 Å². The Bertz CT molecular complexity index is 364. The summed E-state index contributed by atoms with van der Waals surface area (Å²) in [7, 11) is 0. The van der Waals surface area contributed by atoms with Gasteiger partial charge in [0.1, 0.15) is 10.4 Å². The highest BCUT2D eigenvalue weighted by molar-refractivity contribution is 9.10. The molecule has 0 radical (unpaired) electrons. The van der Waals surface area contributed by atoms with Gasteiger partial charge in [-0.15, -0.1) is 0 Å². The third-order valence-electron chi connectivity index (χ3n) is 2.62. The number of anilines is 1. The molecule has 0 aromatic carbocycles. The van der Waals surface area contributed by atoms with E-state index in [0.717, 1.165) is 42.4 Å². The lowest BCUT2D eigenvalue weighted by Gasteiger charge is -2.28. The summed E-state index contributed by atoms with van der Waals surface area (Å²) >= 11 is 3.44. The van der Waals surface area contributed by atoms with Crippen LogP contribution in [0, 0.1) is 0 Å². The number of morpholine rings is 1. The maximum atomic E-state index is 5.32. The minimum absolute atomic E-state index is 0.378. The quantitative estimate of drug-likeness (QED) is 0.835. The molecule has 0 spiro atoms. The molecule has 5 heteroatoms. The first kappa shape index (κ1) is 11.8. The number of hydrogen-bond acceptors (Lipinski definition) is 4. The van der Waals surface area contributed by atoms with E-state index >= 15 is 0 Å². The molecule has 0 saturated carbocycles. The van der Waals surface area contributed by atoms with E-state index in [-0.39, 0.29) is 0 Å². The summed E-state index contributed by atoms with van der Waals surface area (Å²) in [5, 5.41) is 0. The average molecular weight is 286 g/mol. The van der Waals surface area contributed by atoms with Crippen molar-refractivity contribution in [2.24, 2.45) is 0 Å². The second-order valence-electron chi connectivity index (χ2n) is 4.16. The standard InChI is InChI=1S/C11H16BrN3O/c1-8(2)10-11(12)13-7-9(14-10)15-3-5-16-6-4-15/h7-8H,3-6H2,1-2H3. The van der Waals surface area contributed by atoms with Crippen LogP contribution in [0.1, 0.15) is 25.5 Å². The highest BCUT2D eigenvalue weighted by atomic mass is 79.9. The Morgan fingerprint density at radius 2 is 2.06 bits per heavy atom. The molecule has 1 aliphatic rings. The number of nitrogens with zero attached hydrogens (tertiary/aromatic N) is 3. The van der Waals surface area contributed by atoms with Crippen molar-refractivity contribution >= 4 is 21.7 Å². The van der Waals surface area contributed by atoms with Gasteiger partial charge in [-0.05, 0) is 21.8 Å². The Labute approximate surface area is 104 Å². The van der Waals surface area contributed by atoms with Crippen molar-refractivity contribution in [3.63, 3.8) is 0 Å². The molecule has 2 rings (SSSR count). The number of hydrogen-bond donors (Lipinski definition) is 0. The Kier molecular flexibility index (Phi) is 3.76. The molecular weight excluding hydrogens is 270 g/mol. The largest absolute Gasteiger partial charge is 0.378 e. The smallest absolute Gasteiger partial charge is 0.147 e. The van der Waals surface area contributed by atoms with Crippen LogP contribution in [0.4, 0.5) is 5.82 Å². The van der Waals surface area contributed by atoms with Crippen LogP contribution in [0.3, 0.4) is 0 Å². The predicted octanol–water partition coefficient (Wildman–Crippen LogP) is 2.20. The summed E-state index contributed by atoms with van der Waals surface area (Å²) in [4.78, 5) is 11.2. The lowest BCUT2D eigenvalue weighted by Crippen LogP contribution is -2.37. The van der Waals surface area contributed by atoms with Gasteiger partial charge in [0.2, 0.25) is 0 Å². The molecule has 0 amide bonds. The van der Waals surface area contributed by atoms with Gasteiger partial charge in [-0.1, -0.05) is 13.8 Å². The number of ether oxygens (including phenoxy) is 1. The van der Waals surface area contributed by atoms with E-state index in [1.165, 1.54) is 0 Å². The van der Waals surface area contributed by atoms with E-state index in [4.69, 9.17) is 4.74 Å². The molecule has 0 N–H and O–H groups in total. The summed E-state index contributed by atoms with van der Waals surface area (Å²) in [6, 6.07) is 0. The molecule has 1 aliphatic heterocycles. The van der Waals surface area contributed by atoms with E-state index in [1.807, 2.05) is 6.20 Å². The maximum Gasteiger partial charge on any atom is 0.147 e. The van der Waals surface area contributed by atoms with E-state index in [1.54, 1.807) is 0 Å². The highest BCUT2D eigenvalue weighted by Gasteiger charge is 2.15. The normalized spacial score (nSPS) is 16.9. The van der Waals surface area contributed by atoms with Gasteiger partial charge >= 0.3 is 0 Å². The van der Waals surface area contributed by atoms with E-state index < -0.39 is 0 Å². The molecule has 1 fully saturated rings. The fraction of sp³-hybridized carbons (Fsp3) is 0.636. The molecular formula is C11H16BrN3O. The minimum atomic E-state index is 0.378. The average Bonchev–Trinajstić information content (AvgIpc) is 2.30. The molecule has 4 nitrogen and oxygen atoms in total. The highest BCUT2D eigenvalue weighted by Crippen LogP contribution is 2.23.